The predicted octanol–water partition coefficient (Wildman–Crippen LogP) is 3.77. The first-order valence-electron chi connectivity index (χ1n) is 8.50. The van der Waals surface area contributed by atoms with E-state index in [9.17, 15) is 13.2 Å². The zero-order valence-corrected chi connectivity index (χ0v) is 17.4. The molecule has 1 heterocycles. The van der Waals surface area contributed by atoms with E-state index in [0.29, 0.717) is 29.4 Å². The summed E-state index contributed by atoms with van der Waals surface area (Å²) in [6.45, 7) is 0.538. The van der Waals surface area contributed by atoms with Gasteiger partial charge >= 0.3 is 0 Å². The van der Waals surface area contributed by atoms with Crippen LogP contribution in [-0.2, 0) is 27.7 Å². The maximum absolute atomic E-state index is 12.7. The van der Waals surface area contributed by atoms with E-state index in [1.165, 1.54) is 18.4 Å². The van der Waals surface area contributed by atoms with Gasteiger partial charge in [-0.25, -0.2) is 12.7 Å². The molecule has 1 aliphatic rings. The van der Waals surface area contributed by atoms with E-state index in [4.69, 9.17) is 23.2 Å². The average molecular weight is 427 g/mol. The number of benzene rings is 2. The monoisotopic (exact) mass is 426 g/mol. The summed E-state index contributed by atoms with van der Waals surface area (Å²) in [4.78, 5) is 14.6. The molecule has 2 aromatic rings. The molecule has 0 fully saturated rings. The molecule has 2 aromatic carbocycles. The molecular formula is C19H20Cl2N2O3S. The molecule has 0 saturated carbocycles. The van der Waals surface area contributed by atoms with Gasteiger partial charge in [0.05, 0.1) is 4.90 Å². The summed E-state index contributed by atoms with van der Waals surface area (Å²) in [6.07, 6.45) is 1.36. The summed E-state index contributed by atoms with van der Waals surface area (Å²) >= 11 is 12.3. The van der Waals surface area contributed by atoms with Gasteiger partial charge in [-0.05, 0) is 54.3 Å². The van der Waals surface area contributed by atoms with Crippen LogP contribution in [0.3, 0.4) is 0 Å². The minimum atomic E-state index is -3.49. The molecule has 27 heavy (non-hydrogen) atoms. The molecule has 0 radical (unpaired) electrons. The van der Waals surface area contributed by atoms with Crippen LogP contribution in [0.15, 0.2) is 41.3 Å². The number of nitrogens with zero attached hydrogens (tertiary/aromatic N) is 2. The number of sulfonamides is 1. The highest BCUT2D eigenvalue weighted by atomic mass is 35.5. The Morgan fingerprint density at radius 2 is 1.81 bits per heavy atom. The molecule has 0 aromatic heterocycles. The van der Waals surface area contributed by atoms with Crippen LogP contribution in [0.5, 0.6) is 0 Å². The van der Waals surface area contributed by atoms with Crippen molar-refractivity contribution in [1.82, 2.24) is 4.31 Å². The van der Waals surface area contributed by atoms with Crippen molar-refractivity contribution in [2.24, 2.45) is 0 Å². The van der Waals surface area contributed by atoms with E-state index in [1.54, 1.807) is 41.3 Å². The molecule has 0 bridgehead atoms. The molecule has 0 atom stereocenters. The number of amides is 1. The van der Waals surface area contributed by atoms with Crippen molar-refractivity contribution in [2.45, 2.75) is 24.2 Å². The highest BCUT2D eigenvalue weighted by Gasteiger charge is 2.27. The Morgan fingerprint density at radius 3 is 2.44 bits per heavy atom. The van der Waals surface area contributed by atoms with Gasteiger partial charge in [0, 0.05) is 42.8 Å². The highest BCUT2D eigenvalue weighted by molar-refractivity contribution is 7.89. The number of carbonyl (C=O) groups is 1. The number of carbonyl (C=O) groups excluding carboxylic acids is 1. The molecule has 3 rings (SSSR count). The number of anilines is 1. The van der Waals surface area contributed by atoms with Crippen LogP contribution in [0.2, 0.25) is 10.0 Å². The fraction of sp³-hybridized carbons (Fsp3) is 0.316. The van der Waals surface area contributed by atoms with E-state index in [1.807, 2.05) is 0 Å². The maximum Gasteiger partial charge on any atom is 0.242 e. The lowest BCUT2D eigenvalue weighted by Crippen LogP contribution is -2.29. The van der Waals surface area contributed by atoms with E-state index >= 15 is 0 Å². The first-order valence-corrected chi connectivity index (χ1v) is 10.7. The van der Waals surface area contributed by atoms with E-state index < -0.39 is 10.0 Å². The highest BCUT2D eigenvalue weighted by Crippen LogP contribution is 2.32. The smallest absolute Gasteiger partial charge is 0.242 e. The van der Waals surface area contributed by atoms with E-state index in [-0.39, 0.29) is 17.2 Å². The second-order valence-electron chi connectivity index (χ2n) is 6.57. The standard InChI is InChI=1S/C19H20Cl2N2O3S/c1-22(2)27(25,26)14-6-8-18-13(12-14)10-11-23(18)19(24)9-7-15-16(20)4-3-5-17(15)21/h3-6,8,12H,7,9-11H2,1-2H3. The number of hydrogen-bond donors (Lipinski definition) is 0. The maximum atomic E-state index is 12.7. The van der Waals surface area contributed by atoms with Crippen LogP contribution in [0.1, 0.15) is 17.5 Å². The van der Waals surface area contributed by atoms with Crippen LogP contribution >= 0.6 is 23.2 Å². The lowest BCUT2D eigenvalue weighted by molar-refractivity contribution is -0.118. The molecule has 0 aliphatic carbocycles. The molecule has 0 unspecified atom stereocenters. The Balaban J connectivity index is 1.77. The van der Waals surface area contributed by atoms with Gasteiger partial charge in [0.2, 0.25) is 15.9 Å². The molecule has 0 spiro atoms. The number of hydrogen-bond acceptors (Lipinski definition) is 3. The minimum Gasteiger partial charge on any atom is -0.312 e. The van der Waals surface area contributed by atoms with Gasteiger partial charge in [-0.3, -0.25) is 4.79 Å². The van der Waals surface area contributed by atoms with Gasteiger partial charge < -0.3 is 4.90 Å². The summed E-state index contributed by atoms with van der Waals surface area (Å²) in [7, 11) is -0.495. The van der Waals surface area contributed by atoms with E-state index in [0.717, 1.165) is 16.8 Å². The zero-order chi connectivity index (χ0) is 19.8. The lowest BCUT2D eigenvalue weighted by atomic mass is 10.1. The molecule has 144 valence electrons. The first-order chi connectivity index (χ1) is 12.7. The summed E-state index contributed by atoms with van der Waals surface area (Å²) in [5.41, 5.74) is 2.39. The number of fused-ring (bicyclic) bond motifs is 1. The lowest BCUT2D eigenvalue weighted by Gasteiger charge is -2.18. The Labute approximate surface area is 169 Å². The molecular weight excluding hydrogens is 407 g/mol. The zero-order valence-electron chi connectivity index (χ0n) is 15.1. The largest absolute Gasteiger partial charge is 0.312 e. The van der Waals surface area contributed by atoms with Gasteiger partial charge in [0.25, 0.3) is 0 Å². The topological polar surface area (TPSA) is 57.7 Å². The van der Waals surface area contributed by atoms with Gasteiger partial charge in [0.15, 0.2) is 0 Å². The quantitative estimate of drug-likeness (QED) is 0.730. The van der Waals surface area contributed by atoms with Crippen LogP contribution in [0.25, 0.3) is 0 Å². The minimum absolute atomic E-state index is 0.0343. The predicted molar refractivity (Wildman–Crippen MR) is 108 cm³/mol. The molecule has 8 heteroatoms. The molecule has 0 N–H and O–H groups in total. The van der Waals surface area contributed by atoms with E-state index in [2.05, 4.69) is 0 Å². The van der Waals surface area contributed by atoms with Crippen molar-refractivity contribution in [1.29, 1.82) is 0 Å². The third-order valence-electron chi connectivity index (χ3n) is 4.68. The van der Waals surface area contributed by atoms with Gasteiger partial charge in [-0.2, -0.15) is 0 Å². The third kappa shape index (κ3) is 3.99. The summed E-state index contributed by atoms with van der Waals surface area (Å²) < 4.78 is 25.8. The van der Waals surface area contributed by atoms with Crippen LogP contribution in [0, 0.1) is 0 Å². The summed E-state index contributed by atoms with van der Waals surface area (Å²) in [5, 5.41) is 1.10. The van der Waals surface area contributed by atoms with Crippen LogP contribution in [-0.4, -0.2) is 39.3 Å². The molecule has 1 aliphatic heterocycles. The Bertz CT molecular complexity index is 970. The Hall–Kier alpha value is -1.60. The van der Waals surface area contributed by atoms with Gasteiger partial charge in [-0.1, -0.05) is 29.3 Å². The second-order valence-corrected chi connectivity index (χ2v) is 9.54. The van der Waals surface area contributed by atoms with Crippen molar-refractivity contribution in [2.75, 3.05) is 25.5 Å². The first kappa shape index (κ1) is 20.1. The Kier molecular flexibility index (Phi) is 5.82. The van der Waals surface area contributed by atoms with Crippen molar-refractivity contribution in [3.05, 3.63) is 57.6 Å². The third-order valence-corrected chi connectivity index (χ3v) is 7.20. The molecule has 1 amide bonds. The van der Waals surface area contributed by atoms with Crippen LogP contribution in [0.4, 0.5) is 5.69 Å². The van der Waals surface area contributed by atoms with Gasteiger partial charge in [-0.15, -0.1) is 0 Å². The fourth-order valence-corrected chi connectivity index (χ4v) is 4.69. The Morgan fingerprint density at radius 1 is 1.15 bits per heavy atom. The van der Waals surface area contributed by atoms with Crippen LogP contribution < -0.4 is 4.90 Å². The summed E-state index contributed by atoms with van der Waals surface area (Å²) in [6, 6.07) is 10.2. The summed E-state index contributed by atoms with van der Waals surface area (Å²) in [5.74, 6) is -0.0343. The number of halogens is 2. The van der Waals surface area contributed by atoms with Crippen molar-refractivity contribution < 1.29 is 13.2 Å². The van der Waals surface area contributed by atoms with Crippen molar-refractivity contribution in [3.8, 4) is 0 Å². The molecule has 0 saturated heterocycles. The van der Waals surface area contributed by atoms with Crippen molar-refractivity contribution in [3.63, 3.8) is 0 Å². The van der Waals surface area contributed by atoms with Crippen molar-refractivity contribution >= 4 is 44.8 Å². The van der Waals surface area contributed by atoms with Gasteiger partial charge in [0.1, 0.15) is 0 Å². The number of rotatable bonds is 5. The second kappa shape index (κ2) is 7.80. The molecule has 5 nitrogen and oxygen atoms in total. The normalized spacial score (nSPS) is 13.9. The SMILES string of the molecule is CN(C)S(=O)(=O)c1ccc2c(c1)CCN2C(=O)CCc1c(Cl)cccc1Cl. The average Bonchev–Trinajstić information content (AvgIpc) is 3.04. The fourth-order valence-electron chi connectivity index (χ4n) is 3.15.